The predicted octanol–water partition coefficient (Wildman–Crippen LogP) is 5.81. The smallest absolute Gasteiger partial charge is 0.308 e. The molecular weight excluding hydrogens is 503 g/mol. The summed E-state index contributed by atoms with van der Waals surface area (Å²) in [5.41, 5.74) is 1.05. The molecule has 190 valence electrons. The van der Waals surface area contributed by atoms with Crippen molar-refractivity contribution in [2.24, 2.45) is 11.8 Å². The zero-order chi connectivity index (χ0) is 25.7. The number of hydrogen-bond acceptors (Lipinski definition) is 6. The van der Waals surface area contributed by atoms with Crippen LogP contribution in [0.15, 0.2) is 53.6 Å². The molecule has 4 rings (SSSR count). The van der Waals surface area contributed by atoms with Gasteiger partial charge in [-0.05, 0) is 61.7 Å². The Kier molecular flexibility index (Phi) is 8.82. The molecule has 1 aromatic heterocycles. The number of pyridine rings is 1. The first-order valence-corrected chi connectivity index (χ1v) is 13.2. The van der Waals surface area contributed by atoms with Crippen LogP contribution < -0.4 is 4.74 Å². The number of methoxy groups -OCH3 is 1. The Morgan fingerprint density at radius 3 is 2.86 bits per heavy atom. The molecule has 0 amide bonds. The molecule has 1 saturated heterocycles. The van der Waals surface area contributed by atoms with Crippen molar-refractivity contribution in [3.05, 3.63) is 65.1 Å². The van der Waals surface area contributed by atoms with Crippen LogP contribution in [-0.2, 0) is 4.79 Å². The van der Waals surface area contributed by atoms with Crippen molar-refractivity contribution in [1.82, 2.24) is 9.88 Å². The fourth-order valence-corrected chi connectivity index (χ4v) is 5.96. The maximum absolute atomic E-state index is 13.4. The standard InChI is InChI=1S/C27H28ClFN2O4S/c1-35-19-6-7-24-21(14-19)26(23(28)15-30-24)25(32)8-5-17-9-10-31(16-22(17)27(33)34)11-12-36-20-4-2-3-18(29)13-20/h2-4,6-7,13-15,17,22H,5,8-12,16H2,1H3,(H,33,34). The van der Waals surface area contributed by atoms with Crippen LogP contribution in [0.5, 0.6) is 5.75 Å². The monoisotopic (exact) mass is 530 g/mol. The van der Waals surface area contributed by atoms with Crippen molar-refractivity contribution in [1.29, 1.82) is 0 Å². The average Bonchev–Trinajstić information content (AvgIpc) is 2.87. The highest BCUT2D eigenvalue weighted by Crippen LogP contribution is 2.32. The Morgan fingerprint density at radius 2 is 2.11 bits per heavy atom. The van der Waals surface area contributed by atoms with Gasteiger partial charge in [-0.3, -0.25) is 14.6 Å². The van der Waals surface area contributed by atoms with Crippen LogP contribution in [0.1, 0.15) is 29.6 Å². The average molecular weight is 531 g/mol. The molecule has 0 saturated carbocycles. The number of likely N-dealkylation sites (tertiary alicyclic amines) is 1. The maximum atomic E-state index is 13.4. The number of carbonyl (C=O) groups is 2. The number of halogens is 2. The van der Waals surface area contributed by atoms with E-state index in [1.54, 1.807) is 43.1 Å². The van der Waals surface area contributed by atoms with Crippen LogP contribution in [0, 0.1) is 17.7 Å². The molecule has 36 heavy (non-hydrogen) atoms. The Labute approximate surface area is 218 Å². The van der Waals surface area contributed by atoms with Gasteiger partial charge < -0.3 is 14.7 Å². The van der Waals surface area contributed by atoms with Gasteiger partial charge in [0.15, 0.2) is 5.78 Å². The number of carboxylic acid groups (broad SMARTS) is 1. The third kappa shape index (κ3) is 6.35. The van der Waals surface area contributed by atoms with Gasteiger partial charge in [-0.15, -0.1) is 11.8 Å². The van der Waals surface area contributed by atoms with E-state index in [9.17, 15) is 19.1 Å². The first kappa shape index (κ1) is 26.4. The number of rotatable bonds is 10. The molecule has 0 bridgehead atoms. The van der Waals surface area contributed by atoms with Gasteiger partial charge in [0.25, 0.3) is 0 Å². The van der Waals surface area contributed by atoms with E-state index in [4.69, 9.17) is 16.3 Å². The fourth-order valence-electron chi connectivity index (χ4n) is 4.75. The number of thioether (sulfide) groups is 1. The maximum Gasteiger partial charge on any atom is 0.308 e. The van der Waals surface area contributed by atoms with E-state index in [1.807, 2.05) is 6.07 Å². The molecule has 2 unspecified atom stereocenters. The zero-order valence-corrected chi connectivity index (χ0v) is 21.5. The molecule has 0 radical (unpaired) electrons. The quantitative estimate of drug-likeness (QED) is 0.261. The van der Waals surface area contributed by atoms with Crippen LogP contribution >= 0.6 is 23.4 Å². The highest BCUT2D eigenvalue weighted by Gasteiger charge is 2.34. The number of aromatic nitrogens is 1. The minimum Gasteiger partial charge on any atom is -0.497 e. The van der Waals surface area contributed by atoms with Gasteiger partial charge in [0.1, 0.15) is 11.6 Å². The zero-order valence-electron chi connectivity index (χ0n) is 20.0. The number of ketones is 1. The number of benzene rings is 2. The minimum atomic E-state index is -0.841. The lowest BCUT2D eigenvalue weighted by Crippen LogP contribution is -2.44. The van der Waals surface area contributed by atoms with E-state index in [0.717, 1.165) is 23.7 Å². The first-order chi connectivity index (χ1) is 17.4. The molecule has 6 nitrogen and oxygen atoms in total. The largest absolute Gasteiger partial charge is 0.497 e. The molecule has 3 aromatic rings. The molecule has 1 aliphatic rings. The summed E-state index contributed by atoms with van der Waals surface area (Å²) in [5.74, 6) is -0.520. The Morgan fingerprint density at radius 1 is 1.28 bits per heavy atom. The summed E-state index contributed by atoms with van der Waals surface area (Å²) in [6.07, 6.45) is 2.86. The van der Waals surface area contributed by atoms with Crippen LogP contribution in [0.2, 0.25) is 5.02 Å². The van der Waals surface area contributed by atoms with Gasteiger partial charge in [-0.2, -0.15) is 0 Å². The van der Waals surface area contributed by atoms with E-state index in [0.29, 0.717) is 41.6 Å². The number of carboxylic acids is 1. The van der Waals surface area contributed by atoms with E-state index in [1.165, 1.54) is 18.3 Å². The van der Waals surface area contributed by atoms with Crippen molar-refractivity contribution in [2.45, 2.75) is 24.2 Å². The van der Waals surface area contributed by atoms with Gasteiger partial charge in [0.2, 0.25) is 0 Å². The van der Waals surface area contributed by atoms with E-state index in [2.05, 4.69) is 9.88 Å². The lowest BCUT2D eigenvalue weighted by molar-refractivity contribution is -0.146. The van der Waals surface area contributed by atoms with Crippen LogP contribution in [-0.4, -0.2) is 59.2 Å². The number of piperidine rings is 1. The molecule has 1 N–H and O–H groups in total. The molecule has 2 aromatic carbocycles. The van der Waals surface area contributed by atoms with Crippen molar-refractivity contribution < 1.29 is 23.8 Å². The Balaban J connectivity index is 1.36. The van der Waals surface area contributed by atoms with Crippen molar-refractivity contribution >= 4 is 46.0 Å². The van der Waals surface area contributed by atoms with E-state index in [-0.39, 0.29) is 29.0 Å². The summed E-state index contributed by atoms with van der Waals surface area (Å²) in [6, 6.07) is 11.8. The van der Waals surface area contributed by atoms with Crippen LogP contribution in [0.4, 0.5) is 4.39 Å². The fraction of sp³-hybridized carbons (Fsp3) is 0.370. The van der Waals surface area contributed by atoms with Gasteiger partial charge in [0, 0.05) is 47.3 Å². The van der Waals surface area contributed by atoms with Crippen LogP contribution in [0.3, 0.4) is 0 Å². The van der Waals surface area contributed by atoms with Crippen molar-refractivity contribution in [3.63, 3.8) is 0 Å². The molecular formula is C27H28ClFN2O4S. The van der Waals surface area contributed by atoms with Gasteiger partial charge >= 0.3 is 5.97 Å². The number of fused-ring (bicyclic) bond motifs is 1. The third-order valence-electron chi connectivity index (χ3n) is 6.68. The SMILES string of the molecule is COc1ccc2ncc(Cl)c(C(=O)CCC3CCN(CCSc4cccc(F)c4)CC3C(=O)O)c2c1. The highest BCUT2D eigenvalue weighted by atomic mass is 35.5. The van der Waals surface area contributed by atoms with Gasteiger partial charge in [-0.1, -0.05) is 17.7 Å². The second kappa shape index (κ2) is 12.0. The highest BCUT2D eigenvalue weighted by molar-refractivity contribution is 7.99. The Hall–Kier alpha value is -2.68. The number of aliphatic carboxylic acids is 1. The van der Waals surface area contributed by atoms with E-state index < -0.39 is 11.9 Å². The summed E-state index contributed by atoms with van der Waals surface area (Å²) in [6.45, 7) is 1.92. The molecule has 9 heteroatoms. The lowest BCUT2D eigenvalue weighted by Gasteiger charge is -2.36. The van der Waals surface area contributed by atoms with Crippen molar-refractivity contribution in [3.8, 4) is 5.75 Å². The predicted molar refractivity (Wildman–Crippen MR) is 140 cm³/mol. The van der Waals surface area contributed by atoms with Crippen LogP contribution in [0.25, 0.3) is 10.9 Å². The summed E-state index contributed by atoms with van der Waals surface area (Å²) in [5, 5.41) is 10.8. The van der Waals surface area contributed by atoms with Gasteiger partial charge in [0.05, 0.1) is 23.6 Å². The molecule has 1 aliphatic heterocycles. The summed E-state index contributed by atoms with van der Waals surface area (Å²) in [7, 11) is 1.55. The number of nitrogens with zero attached hydrogens (tertiary/aromatic N) is 2. The molecule has 2 heterocycles. The molecule has 1 fully saturated rings. The summed E-state index contributed by atoms with van der Waals surface area (Å²) >= 11 is 7.92. The summed E-state index contributed by atoms with van der Waals surface area (Å²) in [4.78, 5) is 32.6. The molecule has 0 aliphatic carbocycles. The number of carbonyl (C=O) groups excluding carboxylic acids is 1. The third-order valence-corrected chi connectivity index (χ3v) is 7.94. The Bertz CT molecular complexity index is 1260. The molecule has 0 spiro atoms. The number of Topliss-reactive ketones (excluding diaryl/α,β-unsaturated/α-hetero) is 1. The number of ether oxygens (including phenoxy) is 1. The van der Waals surface area contributed by atoms with Gasteiger partial charge in [-0.25, -0.2) is 4.39 Å². The normalized spacial score (nSPS) is 18.3. The molecule has 2 atom stereocenters. The lowest BCUT2D eigenvalue weighted by atomic mass is 9.81. The first-order valence-electron chi connectivity index (χ1n) is 11.8. The summed E-state index contributed by atoms with van der Waals surface area (Å²) < 4.78 is 18.7. The minimum absolute atomic E-state index is 0.0972. The van der Waals surface area contributed by atoms with Crippen molar-refractivity contribution in [2.75, 3.05) is 32.5 Å². The van der Waals surface area contributed by atoms with E-state index >= 15 is 0 Å². The second-order valence-electron chi connectivity index (χ2n) is 8.93. The second-order valence-corrected chi connectivity index (χ2v) is 10.5. The topological polar surface area (TPSA) is 79.7 Å². The number of hydrogen-bond donors (Lipinski definition) is 1.